The first-order chi connectivity index (χ1) is 13.2. The van der Waals surface area contributed by atoms with Gasteiger partial charge in [0, 0.05) is 43.6 Å². The monoisotopic (exact) mass is 364 g/mol. The lowest BCUT2D eigenvalue weighted by molar-refractivity contribution is -0.139. The summed E-state index contributed by atoms with van der Waals surface area (Å²) in [4.78, 5) is 26.8. The van der Waals surface area contributed by atoms with Crippen LogP contribution in [0.3, 0.4) is 0 Å². The summed E-state index contributed by atoms with van der Waals surface area (Å²) in [5, 5.41) is 0. The molecule has 1 aliphatic carbocycles. The average molecular weight is 364 g/mol. The first-order valence-corrected chi connectivity index (χ1v) is 10.1. The quantitative estimate of drug-likeness (QED) is 0.812. The zero-order valence-electron chi connectivity index (χ0n) is 16.3. The molecule has 5 nitrogen and oxygen atoms in total. The lowest BCUT2D eigenvalue weighted by Gasteiger charge is -2.36. The van der Waals surface area contributed by atoms with E-state index in [0.717, 1.165) is 67.2 Å². The van der Waals surface area contributed by atoms with Gasteiger partial charge in [-0.1, -0.05) is 43.7 Å². The van der Waals surface area contributed by atoms with E-state index in [-0.39, 0.29) is 5.92 Å². The van der Waals surface area contributed by atoms with Crippen LogP contribution in [0, 0.1) is 5.92 Å². The molecule has 2 heterocycles. The van der Waals surface area contributed by atoms with Gasteiger partial charge in [0.25, 0.3) is 0 Å². The van der Waals surface area contributed by atoms with Gasteiger partial charge >= 0.3 is 0 Å². The largest absolute Gasteiger partial charge is 0.359 e. The van der Waals surface area contributed by atoms with Crippen LogP contribution in [0.15, 0.2) is 30.3 Å². The van der Waals surface area contributed by atoms with Crippen molar-refractivity contribution in [2.45, 2.75) is 45.6 Å². The molecule has 0 N–H and O–H groups in total. The Labute approximate surface area is 161 Å². The van der Waals surface area contributed by atoms with Crippen molar-refractivity contribution >= 4 is 11.7 Å². The normalized spacial score (nSPS) is 16.6. The Balaban J connectivity index is 1.70. The van der Waals surface area contributed by atoms with Crippen LogP contribution in [0.25, 0.3) is 11.4 Å². The minimum atomic E-state index is 0.243. The maximum absolute atomic E-state index is 12.8. The highest BCUT2D eigenvalue weighted by Crippen LogP contribution is 2.33. The molecule has 1 aromatic heterocycles. The molecule has 27 heavy (non-hydrogen) atoms. The molecule has 1 aromatic carbocycles. The number of carbonyl (C=O) groups excluding carboxylic acids is 1. The molecule has 0 unspecified atom stereocenters. The number of carbonyl (C=O) groups is 1. The number of nitrogens with zero attached hydrogens (tertiary/aromatic N) is 4. The molecule has 1 amide bonds. The zero-order chi connectivity index (χ0) is 18.8. The summed E-state index contributed by atoms with van der Waals surface area (Å²) in [6, 6.07) is 10.2. The van der Waals surface area contributed by atoms with E-state index in [1.54, 1.807) is 0 Å². The molecule has 2 aromatic rings. The van der Waals surface area contributed by atoms with Gasteiger partial charge < -0.3 is 9.80 Å². The Kier molecular flexibility index (Phi) is 5.10. The van der Waals surface area contributed by atoms with E-state index in [2.05, 4.69) is 31.0 Å². The van der Waals surface area contributed by atoms with E-state index in [9.17, 15) is 4.79 Å². The highest BCUT2D eigenvalue weighted by atomic mass is 16.2. The van der Waals surface area contributed by atoms with E-state index < -0.39 is 0 Å². The van der Waals surface area contributed by atoms with E-state index in [0.29, 0.717) is 12.5 Å². The molecule has 1 saturated carbocycles. The maximum atomic E-state index is 12.8. The molecule has 0 radical (unpaired) electrons. The SMILES string of the molecule is CCCN(C)c1nc(-c2ccccc2)nc2c1CN(C(=O)C1CCC1)CC2. The minimum Gasteiger partial charge on any atom is -0.359 e. The molecule has 0 atom stereocenters. The molecule has 2 aliphatic rings. The van der Waals surface area contributed by atoms with E-state index in [1.807, 2.05) is 23.1 Å². The first kappa shape index (κ1) is 18.0. The van der Waals surface area contributed by atoms with Crippen LogP contribution in [-0.2, 0) is 17.8 Å². The second-order valence-electron chi connectivity index (χ2n) is 7.72. The third-order valence-corrected chi connectivity index (χ3v) is 5.76. The van der Waals surface area contributed by atoms with Crippen LogP contribution >= 0.6 is 0 Å². The number of hydrogen-bond donors (Lipinski definition) is 0. The molecule has 1 aliphatic heterocycles. The van der Waals surface area contributed by atoms with Crippen molar-refractivity contribution in [1.82, 2.24) is 14.9 Å². The number of rotatable bonds is 5. The summed E-state index contributed by atoms with van der Waals surface area (Å²) >= 11 is 0. The number of aromatic nitrogens is 2. The topological polar surface area (TPSA) is 49.3 Å². The van der Waals surface area contributed by atoms with E-state index in [1.165, 1.54) is 6.42 Å². The second-order valence-corrected chi connectivity index (χ2v) is 7.72. The van der Waals surface area contributed by atoms with Crippen LogP contribution in [0.2, 0.25) is 0 Å². The predicted octanol–water partition coefficient (Wildman–Crippen LogP) is 3.67. The van der Waals surface area contributed by atoms with Gasteiger partial charge in [-0.15, -0.1) is 0 Å². The fourth-order valence-corrected chi connectivity index (χ4v) is 3.97. The van der Waals surface area contributed by atoms with E-state index in [4.69, 9.17) is 9.97 Å². The molecule has 1 fully saturated rings. The van der Waals surface area contributed by atoms with Crippen molar-refractivity contribution in [3.63, 3.8) is 0 Å². The van der Waals surface area contributed by atoms with Crippen molar-refractivity contribution in [2.75, 3.05) is 25.0 Å². The van der Waals surface area contributed by atoms with Crippen molar-refractivity contribution in [3.8, 4) is 11.4 Å². The highest BCUT2D eigenvalue weighted by Gasteiger charge is 2.33. The van der Waals surface area contributed by atoms with Gasteiger partial charge in [-0.2, -0.15) is 0 Å². The molecule has 5 heteroatoms. The number of amides is 1. The third kappa shape index (κ3) is 3.55. The van der Waals surface area contributed by atoms with Gasteiger partial charge in [0.05, 0.1) is 12.2 Å². The molecular weight excluding hydrogens is 336 g/mol. The summed E-state index contributed by atoms with van der Waals surface area (Å²) in [6.07, 6.45) is 5.15. The zero-order valence-corrected chi connectivity index (χ0v) is 16.3. The van der Waals surface area contributed by atoms with Gasteiger partial charge in [0.2, 0.25) is 5.91 Å². The van der Waals surface area contributed by atoms with Crippen molar-refractivity contribution in [3.05, 3.63) is 41.6 Å². The van der Waals surface area contributed by atoms with E-state index >= 15 is 0 Å². The van der Waals surface area contributed by atoms with Crippen LogP contribution in [0.4, 0.5) is 5.82 Å². The van der Waals surface area contributed by atoms with Crippen LogP contribution in [0.1, 0.15) is 43.9 Å². The summed E-state index contributed by atoms with van der Waals surface area (Å²) in [6.45, 7) is 4.52. The molecule has 0 spiro atoms. The molecule has 142 valence electrons. The summed E-state index contributed by atoms with van der Waals surface area (Å²) in [5.41, 5.74) is 3.27. The second kappa shape index (κ2) is 7.67. The Morgan fingerprint density at radius 3 is 2.67 bits per heavy atom. The molecule has 0 bridgehead atoms. The van der Waals surface area contributed by atoms with Crippen molar-refractivity contribution in [1.29, 1.82) is 0 Å². The number of benzene rings is 1. The van der Waals surface area contributed by atoms with Gasteiger partial charge in [-0.05, 0) is 19.3 Å². The van der Waals surface area contributed by atoms with Gasteiger partial charge in [-0.25, -0.2) is 9.97 Å². The Hall–Kier alpha value is -2.43. The predicted molar refractivity (Wildman–Crippen MR) is 107 cm³/mol. The van der Waals surface area contributed by atoms with Gasteiger partial charge in [0.1, 0.15) is 5.82 Å². The number of anilines is 1. The smallest absolute Gasteiger partial charge is 0.225 e. The summed E-state index contributed by atoms with van der Waals surface area (Å²) < 4.78 is 0. The molecular formula is C22H28N4O. The Morgan fingerprint density at radius 1 is 1.22 bits per heavy atom. The Morgan fingerprint density at radius 2 is 2.00 bits per heavy atom. The fraction of sp³-hybridized carbons (Fsp3) is 0.500. The van der Waals surface area contributed by atoms with Crippen LogP contribution in [0.5, 0.6) is 0 Å². The van der Waals surface area contributed by atoms with Crippen molar-refractivity contribution < 1.29 is 4.79 Å². The van der Waals surface area contributed by atoms with Crippen LogP contribution < -0.4 is 4.90 Å². The maximum Gasteiger partial charge on any atom is 0.225 e. The first-order valence-electron chi connectivity index (χ1n) is 10.1. The van der Waals surface area contributed by atoms with Gasteiger partial charge in [0.15, 0.2) is 5.82 Å². The number of fused-ring (bicyclic) bond motifs is 1. The summed E-state index contributed by atoms with van der Waals surface area (Å²) in [7, 11) is 2.09. The molecule has 0 saturated heterocycles. The van der Waals surface area contributed by atoms with Crippen molar-refractivity contribution in [2.24, 2.45) is 5.92 Å². The molecule has 4 rings (SSSR count). The van der Waals surface area contributed by atoms with Gasteiger partial charge in [-0.3, -0.25) is 4.79 Å². The fourth-order valence-electron chi connectivity index (χ4n) is 3.97. The average Bonchev–Trinajstić information content (AvgIpc) is 2.66. The Bertz CT molecular complexity index is 817. The standard InChI is InChI=1S/C22H28N4O/c1-3-13-25(2)21-18-15-26(22(27)17-10-7-11-17)14-12-19(18)23-20(24-21)16-8-5-4-6-9-16/h4-6,8-9,17H,3,7,10-15H2,1-2H3. The van der Waals surface area contributed by atoms with Crippen LogP contribution in [-0.4, -0.2) is 40.9 Å². The lowest BCUT2D eigenvalue weighted by Crippen LogP contribution is -2.42. The highest BCUT2D eigenvalue weighted by molar-refractivity contribution is 5.80. The lowest BCUT2D eigenvalue weighted by atomic mass is 9.84. The third-order valence-electron chi connectivity index (χ3n) is 5.76. The summed E-state index contributed by atoms with van der Waals surface area (Å²) in [5.74, 6) is 2.33. The minimum absolute atomic E-state index is 0.243. The number of hydrogen-bond acceptors (Lipinski definition) is 4.